The molecular formula is C13H8F2N2O3. The highest BCUT2D eigenvalue weighted by molar-refractivity contribution is 6.09. The second kappa shape index (κ2) is 5.43. The fourth-order valence-electron chi connectivity index (χ4n) is 1.58. The van der Waals surface area contributed by atoms with Gasteiger partial charge < -0.3 is 10.4 Å². The maximum atomic E-state index is 13.0. The second-order valence-electron chi connectivity index (χ2n) is 3.82. The van der Waals surface area contributed by atoms with Crippen molar-refractivity contribution < 1.29 is 23.5 Å². The number of carboxylic acid groups (broad SMARTS) is 1. The van der Waals surface area contributed by atoms with Crippen molar-refractivity contribution in [3.05, 3.63) is 59.4 Å². The smallest absolute Gasteiger partial charge is 0.338 e. The van der Waals surface area contributed by atoms with Crippen LogP contribution in [0.4, 0.5) is 14.5 Å². The average molecular weight is 278 g/mol. The highest BCUT2D eigenvalue weighted by Crippen LogP contribution is 2.15. The molecule has 1 aromatic carbocycles. The molecule has 0 fully saturated rings. The average Bonchev–Trinajstić information content (AvgIpc) is 2.37. The van der Waals surface area contributed by atoms with E-state index in [9.17, 15) is 18.4 Å². The number of carbonyl (C=O) groups excluding carboxylic acids is 1. The van der Waals surface area contributed by atoms with E-state index in [2.05, 4.69) is 10.3 Å². The number of anilines is 1. The zero-order valence-electron chi connectivity index (χ0n) is 9.93. The molecule has 2 aromatic rings. The van der Waals surface area contributed by atoms with Crippen LogP contribution in [0.15, 0.2) is 36.5 Å². The van der Waals surface area contributed by atoms with Gasteiger partial charge in [-0.3, -0.25) is 9.78 Å². The number of carbonyl (C=O) groups is 2. The van der Waals surface area contributed by atoms with E-state index in [4.69, 9.17) is 5.11 Å². The van der Waals surface area contributed by atoms with Crippen LogP contribution in [-0.2, 0) is 0 Å². The van der Waals surface area contributed by atoms with Crippen LogP contribution in [0.1, 0.15) is 20.8 Å². The number of amides is 1. The summed E-state index contributed by atoms with van der Waals surface area (Å²) in [6, 6.07) is 5.03. The minimum atomic E-state index is -1.33. The lowest BCUT2D eigenvalue weighted by Crippen LogP contribution is -2.18. The van der Waals surface area contributed by atoms with E-state index in [0.717, 1.165) is 12.1 Å². The second-order valence-corrected chi connectivity index (χ2v) is 3.82. The molecule has 7 heteroatoms. The van der Waals surface area contributed by atoms with Gasteiger partial charge in [-0.2, -0.15) is 0 Å². The minimum absolute atomic E-state index is 0.130. The summed E-state index contributed by atoms with van der Waals surface area (Å²) >= 11 is 0. The van der Waals surface area contributed by atoms with E-state index in [-0.39, 0.29) is 16.9 Å². The Morgan fingerprint density at radius 1 is 1.15 bits per heavy atom. The van der Waals surface area contributed by atoms with Crippen molar-refractivity contribution in [2.24, 2.45) is 0 Å². The van der Waals surface area contributed by atoms with Crippen LogP contribution in [0, 0.1) is 11.6 Å². The molecule has 102 valence electrons. The van der Waals surface area contributed by atoms with E-state index in [1.165, 1.54) is 18.3 Å². The Morgan fingerprint density at radius 2 is 1.80 bits per heavy atom. The van der Waals surface area contributed by atoms with Crippen LogP contribution < -0.4 is 5.32 Å². The van der Waals surface area contributed by atoms with Crippen LogP contribution in [0.3, 0.4) is 0 Å². The van der Waals surface area contributed by atoms with Gasteiger partial charge >= 0.3 is 5.97 Å². The van der Waals surface area contributed by atoms with Gasteiger partial charge in [0.1, 0.15) is 17.3 Å². The monoisotopic (exact) mass is 278 g/mol. The maximum Gasteiger partial charge on any atom is 0.338 e. The number of hydrogen-bond donors (Lipinski definition) is 2. The maximum absolute atomic E-state index is 13.0. The van der Waals surface area contributed by atoms with Crippen molar-refractivity contribution in [3.8, 4) is 0 Å². The summed E-state index contributed by atoms with van der Waals surface area (Å²) in [4.78, 5) is 26.5. The van der Waals surface area contributed by atoms with Gasteiger partial charge in [-0.15, -0.1) is 0 Å². The molecule has 0 aliphatic rings. The molecule has 0 saturated heterocycles. The Morgan fingerprint density at radius 3 is 2.40 bits per heavy atom. The number of carboxylic acids is 1. The summed E-state index contributed by atoms with van der Waals surface area (Å²) in [7, 11) is 0. The quantitative estimate of drug-likeness (QED) is 0.903. The summed E-state index contributed by atoms with van der Waals surface area (Å²) in [5.74, 6) is -3.92. The van der Waals surface area contributed by atoms with Crippen LogP contribution in [0.5, 0.6) is 0 Å². The molecule has 2 rings (SSSR count). The lowest BCUT2D eigenvalue weighted by Gasteiger charge is -2.07. The normalized spacial score (nSPS) is 10.1. The predicted octanol–water partition coefficient (Wildman–Crippen LogP) is 2.31. The van der Waals surface area contributed by atoms with E-state index in [1.807, 2.05) is 0 Å². The first-order chi connectivity index (χ1) is 9.47. The first kappa shape index (κ1) is 13.6. The number of nitrogens with one attached hydrogen (secondary N) is 1. The third-order valence-electron chi connectivity index (χ3n) is 2.37. The predicted molar refractivity (Wildman–Crippen MR) is 65.5 cm³/mol. The summed E-state index contributed by atoms with van der Waals surface area (Å²) in [6.45, 7) is 0. The highest BCUT2D eigenvalue weighted by Gasteiger charge is 2.18. The molecule has 0 bridgehead atoms. The highest BCUT2D eigenvalue weighted by atomic mass is 19.1. The van der Waals surface area contributed by atoms with Gasteiger partial charge in [0, 0.05) is 18.0 Å². The lowest BCUT2D eigenvalue weighted by molar-refractivity contribution is 0.0691. The van der Waals surface area contributed by atoms with Gasteiger partial charge in [0.25, 0.3) is 5.91 Å². The molecule has 0 unspecified atom stereocenters. The molecule has 2 N–H and O–H groups in total. The Labute approximate surface area is 111 Å². The molecule has 1 heterocycles. The number of halogens is 2. The van der Waals surface area contributed by atoms with Crippen LogP contribution in [-0.4, -0.2) is 22.0 Å². The van der Waals surface area contributed by atoms with E-state index in [1.54, 1.807) is 0 Å². The van der Waals surface area contributed by atoms with Crippen molar-refractivity contribution in [2.45, 2.75) is 0 Å². The molecule has 0 aliphatic heterocycles. The zero-order chi connectivity index (χ0) is 14.7. The van der Waals surface area contributed by atoms with E-state index < -0.39 is 23.5 Å². The Balaban J connectivity index is 2.31. The number of pyridine rings is 1. The first-order valence-corrected chi connectivity index (χ1v) is 5.43. The number of aromatic nitrogens is 1. The summed E-state index contributed by atoms with van der Waals surface area (Å²) in [5, 5.41) is 11.1. The Kier molecular flexibility index (Phi) is 3.69. The van der Waals surface area contributed by atoms with Crippen molar-refractivity contribution >= 4 is 17.6 Å². The van der Waals surface area contributed by atoms with Gasteiger partial charge in [-0.1, -0.05) is 0 Å². The fourth-order valence-corrected chi connectivity index (χ4v) is 1.58. The standard InChI is InChI=1S/C13H8F2N2O3/c14-7-4-8(15)6-9(5-7)17-12(18)11-10(13(19)20)2-1-3-16-11/h1-6H,(H,17,18)(H,19,20). The van der Waals surface area contributed by atoms with Crippen molar-refractivity contribution in [1.82, 2.24) is 4.98 Å². The van der Waals surface area contributed by atoms with Crippen molar-refractivity contribution in [3.63, 3.8) is 0 Å². The van der Waals surface area contributed by atoms with Gasteiger partial charge in [-0.25, -0.2) is 13.6 Å². The SMILES string of the molecule is O=C(O)c1cccnc1C(=O)Nc1cc(F)cc(F)c1. The van der Waals surface area contributed by atoms with Gasteiger partial charge in [0.15, 0.2) is 0 Å². The largest absolute Gasteiger partial charge is 0.478 e. The topological polar surface area (TPSA) is 79.3 Å². The summed E-state index contributed by atoms with van der Waals surface area (Å²) < 4.78 is 26.0. The Hall–Kier alpha value is -2.83. The van der Waals surface area contributed by atoms with E-state index in [0.29, 0.717) is 6.07 Å². The van der Waals surface area contributed by atoms with Crippen LogP contribution in [0.2, 0.25) is 0 Å². The molecule has 0 spiro atoms. The third kappa shape index (κ3) is 2.94. The summed E-state index contributed by atoms with van der Waals surface area (Å²) in [6.07, 6.45) is 1.24. The van der Waals surface area contributed by atoms with E-state index >= 15 is 0 Å². The molecule has 5 nitrogen and oxygen atoms in total. The minimum Gasteiger partial charge on any atom is -0.478 e. The van der Waals surface area contributed by atoms with Gasteiger partial charge in [0.05, 0.1) is 5.56 Å². The zero-order valence-corrected chi connectivity index (χ0v) is 9.93. The first-order valence-electron chi connectivity index (χ1n) is 5.43. The number of aromatic carboxylic acids is 1. The fraction of sp³-hybridized carbons (Fsp3) is 0. The molecule has 0 aliphatic carbocycles. The van der Waals surface area contributed by atoms with Gasteiger partial charge in [0.2, 0.25) is 0 Å². The molecular weight excluding hydrogens is 270 g/mol. The lowest BCUT2D eigenvalue weighted by atomic mass is 10.2. The third-order valence-corrected chi connectivity index (χ3v) is 2.37. The molecule has 0 saturated carbocycles. The van der Waals surface area contributed by atoms with Crippen molar-refractivity contribution in [1.29, 1.82) is 0 Å². The van der Waals surface area contributed by atoms with Crippen LogP contribution >= 0.6 is 0 Å². The molecule has 0 atom stereocenters. The van der Waals surface area contributed by atoms with Crippen molar-refractivity contribution in [2.75, 3.05) is 5.32 Å². The molecule has 0 radical (unpaired) electrons. The summed E-state index contributed by atoms with van der Waals surface area (Å²) in [5.41, 5.74) is -0.777. The molecule has 1 amide bonds. The number of hydrogen-bond acceptors (Lipinski definition) is 3. The van der Waals surface area contributed by atoms with Gasteiger partial charge in [-0.05, 0) is 24.3 Å². The number of nitrogens with zero attached hydrogens (tertiary/aromatic N) is 1. The number of rotatable bonds is 3. The number of benzene rings is 1. The van der Waals surface area contributed by atoms with Crippen LogP contribution in [0.25, 0.3) is 0 Å². The molecule has 20 heavy (non-hydrogen) atoms. The molecule has 1 aromatic heterocycles. The Bertz CT molecular complexity index is 669.